The first-order valence-electron chi connectivity index (χ1n) is 5.76. The summed E-state index contributed by atoms with van der Waals surface area (Å²) < 4.78 is 0. The second-order valence-corrected chi connectivity index (χ2v) is 4.18. The number of carbonyl (C=O) groups is 1. The Morgan fingerprint density at radius 3 is 2.95 bits per heavy atom. The van der Waals surface area contributed by atoms with E-state index in [4.69, 9.17) is 0 Å². The van der Waals surface area contributed by atoms with E-state index in [0.29, 0.717) is 11.3 Å². The standard InChI is InChI=1S/C14H11N3O2/c18-12-3-1-2-11(7-12)16-14(19)9-4-5-10-8-15-17-13(10)6-9/h1-8,18H,(H,15,17)(H,16,19). The average Bonchev–Trinajstić information content (AvgIpc) is 2.85. The number of aromatic hydroxyl groups is 1. The lowest BCUT2D eigenvalue weighted by atomic mass is 10.1. The fourth-order valence-electron chi connectivity index (χ4n) is 1.87. The molecule has 0 bridgehead atoms. The Labute approximate surface area is 108 Å². The van der Waals surface area contributed by atoms with Gasteiger partial charge in [0.05, 0.1) is 11.7 Å². The molecule has 0 radical (unpaired) electrons. The van der Waals surface area contributed by atoms with Gasteiger partial charge in [0, 0.05) is 22.7 Å². The van der Waals surface area contributed by atoms with Crippen molar-refractivity contribution in [3.05, 3.63) is 54.2 Å². The van der Waals surface area contributed by atoms with Crippen molar-refractivity contribution >= 4 is 22.5 Å². The van der Waals surface area contributed by atoms with Crippen molar-refractivity contribution in [2.75, 3.05) is 5.32 Å². The van der Waals surface area contributed by atoms with Gasteiger partial charge in [-0.1, -0.05) is 12.1 Å². The number of amides is 1. The quantitative estimate of drug-likeness (QED) is 0.656. The number of nitrogens with one attached hydrogen (secondary N) is 2. The predicted molar refractivity (Wildman–Crippen MR) is 72.2 cm³/mol. The van der Waals surface area contributed by atoms with Crippen LogP contribution in [0.4, 0.5) is 5.69 Å². The van der Waals surface area contributed by atoms with Crippen molar-refractivity contribution < 1.29 is 9.90 Å². The van der Waals surface area contributed by atoms with Crippen LogP contribution in [0.1, 0.15) is 10.4 Å². The number of fused-ring (bicyclic) bond motifs is 1. The molecule has 0 saturated heterocycles. The fraction of sp³-hybridized carbons (Fsp3) is 0. The number of anilines is 1. The van der Waals surface area contributed by atoms with Crippen molar-refractivity contribution in [2.45, 2.75) is 0 Å². The van der Waals surface area contributed by atoms with Gasteiger partial charge < -0.3 is 10.4 Å². The Kier molecular flexibility index (Phi) is 2.64. The highest BCUT2D eigenvalue weighted by Crippen LogP contribution is 2.18. The van der Waals surface area contributed by atoms with E-state index >= 15 is 0 Å². The zero-order valence-electron chi connectivity index (χ0n) is 9.92. The van der Waals surface area contributed by atoms with Crippen LogP contribution < -0.4 is 5.32 Å². The number of benzene rings is 2. The number of carbonyl (C=O) groups excluding carboxylic acids is 1. The largest absolute Gasteiger partial charge is 0.508 e. The summed E-state index contributed by atoms with van der Waals surface area (Å²) >= 11 is 0. The first-order chi connectivity index (χ1) is 9.22. The van der Waals surface area contributed by atoms with Crippen LogP contribution in [-0.2, 0) is 0 Å². The molecule has 3 N–H and O–H groups in total. The molecule has 1 heterocycles. The summed E-state index contributed by atoms with van der Waals surface area (Å²) in [5, 5.41) is 19.7. The lowest BCUT2D eigenvalue weighted by Gasteiger charge is -2.05. The summed E-state index contributed by atoms with van der Waals surface area (Å²) in [5.74, 6) is -0.121. The number of H-pyrrole nitrogens is 1. The number of aromatic amines is 1. The van der Waals surface area contributed by atoms with Gasteiger partial charge in [-0.25, -0.2) is 0 Å². The van der Waals surface area contributed by atoms with E-state index in [9.17, 15) is 9.90 Å². The molecule has 94 valence electrons. The lowest BCUT2D eigenvalue weighted by molar-refractivity contribution is 0.102. The second-order valence-electron chi connectivity index (χ2n) is 4.18. The first-order valence-corrected chi connectivity index (χ1v) is 5.76. The number of hydrogen-bond acceptors (Lipinski definition) is 3. The number of aromatic nitrogens is 2. The van der Waals surface area contributed by atoms with Crippen LogP contribution >= 0.6 is 0 Å². The molecular formula is C14H11N3O2. The van der Waals surface area contributed by atoms with Gasteiger partial charge in [0.2, 0.25) is 0 Å². The molecule has 3 rings (SSSR count). The van der Waals surface area contributed by atoms with Gasteiger partial charge in [-0.2, -0.15) is 5.10 Å². The molecule has 0 atom stereocenters. The van der Waals surface area contributed by atoms with Crippen molar-refractivity contribution in [3.8, 4) is 5.75 Å². The molecule has 5 heteroatoms. The van der Waals surface area contributed by atoms with Crippen LogP contribution in [0.3, 0.4) is 0 Å². The van der Waals surface area contributed by atoms with Crippen LogP contribution in [0.5, 0.6) is 5.75 Å². The molecule has 5 nitrogen and oxygen atoms in total. The van der Waals surface area contributed by atoms with Gasteiger partial charge in [-0.15, -0.1) is 0 Å². The van der Waals surface area contributed by atoms with E-state index in [0.717, 1.165) is 10.9 Å². The highest BCUT2D eigenvalue weighted by molar-refractivity contribution is 6.06. The van der Waals surface area contributed by atoms with Crippen molar-refractivity contribution in [3.63, 3.8) is 0 Å². The van der Waals surface area contributed by atoms with E-state index in [2.05, 4.69) is 15.5 Å². The molecule has 0 aliphatic heterocycles. The van der Waals surface area contributed by atoms with Gasteiger partial charge in [-0.3, -0.25) is 9.89 Å². The molecule has 19 heavy (non-hydrogen) atoms. The lowest BCUT2D eigenvalue weighted by Crippen LogP contribution is -2.11. The van der Waals surface area contributed by atoms with Crippen molar-refractivity contribution in [1.82, 2.24) is 10.2 Å². The van der Waals surface area contributed by atoms with Crippen molar-refractivity contribution in [1.29, 1.82) is 0 Å². The Morgan fingerprint density at radius 1 is 1.21 bits per heavy atom. The molecule has 0 spiro atoms. The van der Waals surface area contributed by atoms with E-state index in [1.807, 2.05) is 6.07 Å². The van der Waals surface area contributed by atoms with Crippen LogP contribution in [0.15, 0.2) is 48.7 Å². The Balaban J connectivity index is 1.87. The predicted octanol–water partition coefficient (Wildman–Crippen LogP) is 2.52. The number of phenolic OH excluding ortho intramolecular Hbond substituents is 1. The number of hydrogen-bond donors (Lipinski definition) is 3. The Morgan fingerprint density at radius 2 is 2.11 bits per heavy atom. The summed E-state index contributed by atoms with van der Waals surface area (Å²) in [4.78, 5) is 12.1. The summed E-state index contributed by atoms with van der Waals surface area (Å²) in [6.45, 7) is 0. The maximum Gasteiger partial charge on any atom is 0.255 e. The topological polar surface area (TPSA) is 78.0 Å². The van der Waals surface area contributed by atoms with Crippen LogP contribution in [-0.4, -0.2) is 21.2 Å². The molecule has 1 amide bonds. The first kappa shape index (κ1) is 11.3. The van der Waals surface area contributed by atoms with E-state index in [-0.39, 0.29) is 11.7 Å². The summed E-state index contributed by atoms with van der Waals surface area (Å²) in [7, 11) is 0. The third-order valence-electron chi connectivity index (χ3n) is 2.81. The van der Waals surface area contributed by atoms with Gasteiger partial charge in [-0.05, 0) is 24.3 Å². The van der Waals surface area contributed by atoms with E-state index in [1.165, 1.54) is 6.07 Å². The maximum atomic E-state index is 12.1. The highest BCUT2D eigenvalue weighted by atomic mass is 16.3. The van der Waals surface area contributed by atoms with Gasteiger partial charge in [0.1, 0.15) is 5.75 Å². The monoisotopic (exact) mass is 253 g/mol. The Bertz CT molecular complexity index is 749. The minimum atomic E-state index is -0.234. The third kappa shape index (κ3) is 2.26. The average molecular weight is 253 g/mol. The van der Waals surface area contributed by atoms with Gasteiger partial charge in [0.15, 0.2) is 0 Å². The molecule has 0 aliphatic rings. The van der Waals surface area contributed by atoms with Crippen LogP contribution in [0, 0.1) is 0 Å². The van der Waals surface area contributed by atoms with Crippen LogP contribution in [0.25, 0.3) is 10.9 Å². The molecule has 0 fully saturated rings. The molecule has 0 unspecified atom stereocenters. The zero-order valence-corrected chi connectivity index (χ0v) is 9.92. The highest BCUT2D eigenvalue weighted by Gasteiger charge is 2.07. The van der Waals surface area contributed by atoms with Gasteiger partial charge in [0.25, 0.3) is 5.91 Å². The molecule has 0 saturated carbocycles. The summed E-state index contributed by atoms with van der Waals surface area (Å²) in [6, 6.07) is 11.7. The fourth-order valence-corrected chi connectivity index (χ4v) is 1.87. The number of rotatable bonds is 2. The van der Waals surface area contributed by atoms with Crippen molar-refractivity contribution in [2.24, 2.45) is 0 Å². The number of phenols is 1. The molecular weight excluding hydrogens is 242 g/mol. The second kappa shape index (κ2) is 4.45. The SMILES string of the molecule is O=C(Nc1cccc(O)c1)c1ccc2cn[nH]c2c1. The molecule has 0 aliphatic carbocycles. The molecule has 1 aromatic heterocycles. The van der Waals surface area contributed by atoms with E-state index in [1.54, 1.807) is 36.5 Å². The normalized spacial score (nSPS) is 10.5. The third-order valence-corrected chi connectivity index (χ3v) is 2.81. The van der Waals surface area contributed by atoms with Crippen LogP contribution in [0.2, 0.25) is 0 Å². The Hall–Kier alpha value is -2.82. The molecule has 3 aromatic rings. The summed E-state index contributed by atoms with van der Waals surface area (Å²) in [5.41, 5.74) is 1.89. The minimum absolute atomic E-state index is 0.113. The smallest absolute Gasteiger partial charge is 0.255 e. The zero-order chi connectivity index (χ0) is 13.2. The number of nitrogens with zero attached hydrogens (tertiary/aromatic N) is 1. The van der Waals surface area contributed by atoms with E-state index < -0.39 is 0 Å². The molecule has 2 aromatic carbocycles. The maximum absolute atomic E-state index is 12.1. The van der Waals surface area contributed by atoms with Gasteiger partial charge >= 0.3 is 0 Å². The summed E-state index contributed by atoms with van der Waals surface area (Å²) in [6.07, 6.45) is 1.70. The minimum Gasteiger partial charge on any atom is -0.508 e.